The number of benzene rings is 2. The fourth-order valence-corrected chi connectivity index (χ4v) is 4.68. The lowest BCUT2D eigenvalue weighted by Gasteiger charge is -2.20. The lowest BCUT2D eigenvalue weighted by atomic mass is 10.1. The number of hydrogen-bond acceptors (Lipinski definition) is 5. The van der Waals surface area contributed by atoms with Crippen LogP contribution in [0.3, 0.4) is 0 Å². The molecule has 3 aromatic rings. The fourth-order valence-electron chi connectivity index (χ4n) is 3.82. The van der Waals surface area contributed by atoms with Crippen molar-refractivity contribution in [2.45, 2.75) is 30.8 Å². The summed E-state index contributed by atoms with van der Waals surface area (Å²) >= 11 is 1.46. The Kier molecular flexibility index (Phi) is 6.92. The molecule has 2 aromatic carbocycles. The van der Waals surface area contributed by atoms with Crippen LogP contribution in [-0.2, 0) is 4.79 Å². The lowest BCUT2D eigenvalue weighted by molar-refractivity contribution is -0.128. The number of likely N-dealkylation sites (tertiary alicyclic amines) is 1. The van der Waals surface area contributed by atoms with Gasteiger partial charge in [-0.2, -0.15) is 0 Å². The number of anilines is 1. The Balaban J connectivity index is 1.62. The van der Waals surface area contributed by atoms with Crippen LogP contribution in [0.2, 0.25) is 0 Å². The molecule has 1 aliphatic heterocycles. The molecule has 1 aliphatic rings. The van der Waals surface area contributed by atoms with E-state index in [4.69, 9.17) is 0 Å². The van der Waals surface area contributed by atoms with Gasteiger partial charge in [0.2, 0.25) is 5.91 Å². The highest BCUT2D eigenvalue weighted by atomic mass is 32.2. The van der Waals surface area contributed by atoms with Gasteiger partial charge in [0.25, 0.3) is 0 Å². The van der Waals surface area contributed by atoms with Crippen LogP contribution in [0, 0.1) is 0 Å². The van der Waals surface area contributed by atoms with Gasteiger partial charge in [-0.25, -0.2) is 0 Å². The third-order valence-corrected chi connectivity index (χ3v) is 6.47. The summed E-state index contributed by atoms with van der Waals surface area (Å²) in [7, 11) is 4.05. The molecule has 1 aromatic heterocycles. The van der Waals surface area contributed by atoms with Gasteiger partial charge in [0.1, 0.15) is 0 Å². The standard InChI is InChI=1S/C24H29N5OS/c1-27(2)21-14-10-11-19(17-21)23-25-26-24(29(23)20-12-6-5-7-13-20)31-18-22(30)28-15-8-3-4-9-16-28/h5-7,10-14,17H,3-4,8-9,15-16,18H2,1-2H3. The minimum atomic E-state index is 0.186. The van der Waals surface area contributed by atoms with Crippen LogP contribution in [0.4, 0.5) is 5.69 Å². The summed E-state index contributed by atoms with van der Waals surface area (Å²) in [5.41, 5.74) is 3.08. The number of carbonyl (C=O) groups excluding carboxylic acids is 1. The van der Waals surface area contributed by atoms with E-state index in [-0.39, 0.29) is 5.91 Å². The van der Waals surface area contributed by atoms with Crippen LogP contribution in [0.25, 0.3) is 17.1 Å². The Morgan fingerprint density at radius 3 is 2.42 bits per heavy atom. The smallest absolute Gasteiger partial charge is 0.233 e. The highest BCUT2D eigenvalue weighted by molar-refractivity contribution is 7.99. The molecule has 1 saturated heterocycles. The summed E-state index contributed by atoms with van der Waals surface area (Å²) in [5, 5.41) is 9.72. The van der Waals surface area contributed by atoms with Crippen molar-refractivity contribution in [3.05, 3.63) is 54.6 Å². The van der Waals surface area contributed by atoms with E-state index < -0.39 is 0 Å². The normalized spacial score (nSPS) is 14.3. The van der Waals surface area contributed by atoms with Crippen molar-refractivity contribution in [1.29, 1.82) is 0 Å². The molecule has 2 heterocycles. The molecule has 6 nitrogen and oxygen atoms in total. The van der Waals surface area contributed by atoms with Crippen LogP contribution >= 0.6 is 11.8 Å². The predicted molar refractivity (Wildman–Crippen MR) is 127 cm³/mol. The van der Waals surface area contributed by atoms with Crippen LogP contribution < -0.4 is 4.90 Å². The Labute approximate surface area is 188 Å². The fraction of sp³-hybridized carbons (Fsp3) is 0.375. The van der Waals surface area contributed by atoms with Crippen LogP contribution in [0.5, 0.6) is 0 Å². The Morgan fingerprint density at radius 1 is 0.968 bits per heavy atom. The summed E-state index contributed by atoms with van der Waals surface area (Å²) in [6.45, 7) is 1.74. The number of rotatable bonds is 6. The highest BCUT2D eigenvalue weighted by Crippen LogP contribution is 2.30. The van der Waals surface area contributed by atoms with Crippen LogP contribution in [0.15, 0.2) is 59.8 Å². The van der Waals surface area contributed by atoms with E-state index in [2.05, 4.69) is 31.8 Å². The first-order valence-corrected chi connectivity index (χ1v) is 11.8. The largest absolute Gasteiger partial charge is 0.378 e. The van der Waals surface area contributed by atoms with Gasteiger partial charge >= 0.3 is 0 Å². The second-order valence-electron chi connectivity index (χ2n) is 8.01. The van der Waals surface area contributed by atoms with Crippen LogP contribution in [0.1, 0.15) is 25.7 Å². The number of amides is 1. The number of carbonyl (C=O) groups is 1. The zero-order valence-electron chi connectivity index (χ0n) is 18.2. The quantitative estimate of drug-likeness (QED) is 0.534. The van der Waals surface area contributed by atoms with Gasteiger partial charge in [0, 0.05) is 44.1 Å². The van der Waals surface area contributed by atoms with Crippen molar-refractivity contribution in [1.82, 2.24) is 19.7 Å². The summed E-state index contributed by atoms with van der Waals surface area (Å²) in [5.74, 6) is 1.34. The first kappa shape index (κ1) is 21.4. The van der Waals surface area contributed by atoms with E-state index in [0.29, 0.717) is 5.75 Å². The molecule has 7 heteroatoms. The van der Waals surface area contributed by atoms with Gasteiger partial charge in [-0.1, -0.05) is 54.9 Å². The maximum atomic E-state index is 12.8. The monoisotopic (exact) mass is 435 g/mol. The van der Waals surface area contributed by atoms with Gasteiger partial charge in [0.15, 0.2) is 11.0 Å². The summed E-state index contributed by atoms with van der Waals surface area (Å²) in [4.78, 5) is 16.9. The molecule has 4 rings (SSSR count). The molecule has 0 N–H and O–H groups in total. The first-order valence-electron chi connectivity index (χ1n) is 10.8. The molecule has 0 atom stereocenters. The van der Waals surface area contributed by atoms with E-state index in [1.807, 2.05) is 61.5 Å². The number of nitrogens with zero attached hydrogens (tertiary/aromatic N) is 5. The maximum Gasteiger partial charge on any atom is 0.233 e. The molecule has 0 aliphatic carbocycles. The average molecular weight is 436 g/mol. The Morgan fingerprint density at radius 2 is 1.71 bits per heavy atom. The minimum absolute atomic E-state index is 0.186. The molecule has 1 amide bonds. The molecule has 0 unspecified atom stereocenters. The SMILES string of the molecule is CN(C)c1cccc(-c2nnc(SCC(=O)N3CCCCCC3)n2-c2ccccc2)c1. The zero-order valence-corrected chi connectivity index (χ0v) is 19.0. The van der Waals surface area contributed by atoms with Gasteiger partial charge in [-0.15, -0.1) is 10.2 Å². The minimum Gasteiger partial charge on any atom is -0.378 e. The van der Waals surface area contributed by atoms with Crippen molar-refractivity contribution in [3.63, 3.8) is 0 Å². The van der Waals surface area contributed by atoms with Crippen molar-refractivity contribution in [3.8, 4) is 17.1 Å². The van der Waals surface area contributed by atoms with Gasteiger partial charge in [0.05, 0.1) is 5.75 Å². The van der Waals surface area contributed by atoms with E-state index in [0.717, 1.165) is 53.9 Å². The lowest BCUT2D eigenvalue weighted by Crippen LogP contribution is -2.33. The van der Waals surface area contributed by atoms with E-state index in [1.165, 1.54) is 24.6 Å². The number of para-hydroxylation sites is 1. The molecule has 0 spiro atoms. The third kappa shape index (κ3) is 5.10. The average Bonchev–Trinajstić information content (AvgIpc) is 3.03. The first-order chi connectivity index (χ1) is 15.1. The molecule has 162 valence electrons. The molecule has 0 saturated carbocycles. The Hall–Kier alpha value is -2.80. The van der Waals surface area contributed by atoms with E-state index in [1.54, 1.807) is 0 Å². The van der Waals surface area contributed by atoms with E-state index >= 15 is 0 Å². The summed E-state index contributed by atoms with van der Waals surface area (Å²) in [6.07, 6.45) is 4.63. The Bertz CT molecular complexity index is 1010. The van der Waals surface area contributed by atoms with Crippen molar-refractivity contribution < 1.29 is 4.79 Å². The van der Waals surface area contributed by atoms with E-state index in [9.17, 15) is 4.79 Å². The number of aromatic nitrogens is 3. The second-order valence-corrected chi connectivity index (χ2v) is 8.95. The third-order valence-electron chi connectivity index (χ3n) is 5.55. The molecule has 1 fully saturated rings. The zero-order chi connectivity index (χ0) is 21.6. The van der Waals surface area contributed by atoms with Gasteiger partial charge in [-0.3, -0.25) is 9.36 Å². The molecule has 0 radical (unpaired) electrons. The maximum absolute atomic E-state index is 12.8. The van der Waals surface area contributed by atoms with Crippen molar-refractivity contribution in [2.75, 3.05) is 37.8 Å². The van der Waals surface area contributed by atoms with Gasteiger partial charge < -0.3 is 9.80 Å². The predicted octanol–water partition coefficient (Wildman–Crippen LogP) is 4.50. The molecule has 31 heavy (non-hydrogen) atoms. The molecule has 0 bridgehead atoms. The second kappa shape index (κ2) is 10.0. The van der Waals surface area contributed by atoms with Crippen LogP contribution in [-0.4, -0.2) is 58.5 Å². The van der Waals surface area contributed by atoms with Crippen molar-refractivity contribution in [2.24, 2.45) is 0 Å². The molecular formula is C24H29N5OS. The topological polar surface area (TPSA) is 54.3 Å². The van der Waals surface area contributed by atoms with Crippen molar-refractivity contribution >= 4 is 23.4 Å². The summed E-state index contributed by atoms with van der Waals surface area (Å²) < 4.78 is 2.05. The number of thioether (sulfide) groups is 1. The van der Waals surface area contributed by atoms with Gasteiger partial charge in [-0.05, 0) is 37.1 Å². The highest BCUT2D eigenvalue weighted by Gasteiger charge is 2.20. The molecular weight excluding hydrogens is 406 g/mol. The number of hydrogen-bond donors (Lipinski definition) is 0. The summed E-state index contributed by atoms with van der Waals surface area (Å²) in [6, 6.07) is 18.4.